The van der Waals surface area contributed by atoms with Gasteiger partial charge in [0.25, 0.3) is 11.9 Å². The van der Waals surface area contributed by atoms with E-state index in [-0.39, 0.29) is 17.0 Å². The van der Waals surface area contributed by atoms with Crippen LogP contribution in [0.4, 0.5) is 5.95 Å². The highest BCUT2D eigenvalue weighted by atomic mass is 32.1. The van der Waals surface area contributed by atoms with Gasteiger partial charge in [0.2, 0.25) is 0 Å². The number of thiocarbonyl (C=S) groups is 1. The quantitative estimate of drug-likeness (QED) is 0.752. The third-order valence-electron chi connectivity index (χ3n) is 2.77. The van der Waals surface area contributed by atoms with Crippen molar-refractivity contribution in [1.29, 1.82) is 0 Å². The number of nitrogens with one attached hydrogen (secondary N) is 2. The minimum Gasteiger partial charge on any atom is -0.486 e. The van der Waals surface area contributed by atoms with Gasteiger partial charge >= 0.3 is 0 Å². The van der Waals surface area contributed by atoms with Gasteiger partial charge < -0.3 is 9.47 Å². The van der Waals surface area contributed by atoms with Crippen molar-refractivity contribution < 1.29 is 14.3 Å². The Kier molecular flexibility index (Phi) is 3.83. The number of carbonyl (C=O) groups is 1. The van der Waals surface area contributed by atoms with E-state index in [0.717, 1.165) is 0 Å². The fraction of sp³-hybridized carbons (Fsp3) is 0.250. The van der Waals surface area contributed by atoms with Gasteiger partial charge in [-0.2, -0.15) is 4.80 Å². The number of tetrazole rings is 1. The number of benzene rings is 1. The van der Waals surface area contributed by atoms with Crippen molar-refractivity contribution in [1.82, 2.24) is 25.5 Å². The van der Waals surface area contributed by atoms with Crippen molar-refractivity contribution in [2.45, 2.75) is 0 Å². The molecule has 2 N–H and O–H groups in total. The number of aryl methyl sites for hydroxylation is 1. The van der Waals surface area contributed by atoms with Gasteiger partial charge in [0, 0.05) is 5.56 Å². The zero-order chi connectivity index (χ0) is 15.5. The number of rotatable bonds is 2. The van der Waals surface area contributed by atoms with Gasteiger partial charge in [0.05, 0.1) is 7.05 Å². The van der Waals surface area contributed by atoms with E-state index >= 15 is 0 Å². The first-order valence-corrected chi connectivity index (χ1v) is 6.78. The van der Waals surface area contributed by atoms with Crippen molar-refractivity contribution >= 4 is 29.2 Å². The normalized spacial score (nSPS) is 12.6. The van der Waals surface area contributed by atoms with E-state index in [1.165, 1.54) is 4.80 Å². The molecule has 10 heteroatoms. The standard InChI is InChI=1S/C12H12N6O3S/c1-18-16-11(15-17-18)14-12(22)13-10(19)7-2-3-8-9(6-7)21-5-4-20-8/h2-3,6H,4-5H2,1H3,(H2,13,14,16,19,22). The minimum atomic E-state index is -0.377. The molecule has 2 heterocycles. The van der Waals surface area contributed by atoms with E-state index in [9.17, 15) is 4.79 Å². The van der Waals surface area contributed by atoms with Crippen LogP contribution in [-0.2, 0) is 7.05 Å². The molecule has 1 aromatic carbocycles. The number of carbonyl (C=O) groups excluding carboxylic acids is 1. The summed E-state index contributed by atoms with van der Waals surface area (Å²) in [7, 11) is 1.62. The molecule has 1 aliphatic heterocycles. The van der Waals surface area contributed by atoms with Crippen LogP contribution in [-0.4, -0.2) is 44.4 Å². The smallest absolute Gasteiger partial charge is 0.269 e. The molecule has 0 saturated carbocycles. The summed E-state index contributed by atoms with van der Waals surface area (Å²) in [4.78, 5) is 13.4. The number of ether oxygens (including phenoxy) is 2. The van der Waals surface area contributed by atoms with Crippen LogP contribution < -0.4 is 20.1 Å². The van der Waals surface area contributed by atoms with E-state index < -0.39 is 0 Å². The lowest BCUT2D eigenvalue weighted by Crippen LogP contribution is -2.34. The highest BCUT2D eigenvalue weighted by molar-refractivity contribution is 7.80. The average Bonchev–Trinajstić information content (AvgIpc) is 2.91. The fourth-order valence-corrected chi connectivity index (χ4v) is 2.01. The molecule has 0 spiro atoms. The Bertz CT molecular complexity index is 731. The maximum absolute atomic E-state index is 12.1. The highest BCUT2D eigenvalue weighted by Crippen LogP contribution is 2.30. The molecule has 0 fully saturated rings. The maximum atomic E-state index is 12.1. The van der Waals surface area contributed by atoms with Gasteiger partial charge in [0.15, 0.2) is 16.6 Å². The summed E-state index contributed by atoms with van der Waals surface area (Å²) >= 11 is 5.03. The Labute approximate surface area is 130 Å². The predicted octanol–water partition coefficient (Wildman–Crippen LogP) is 0.108. The van der Waals surface area contributed by atoms with Gasteiger partial charge in [0.1, 0.15) is 13.2 Å². The molecule has 1 amide bonds. The molecule has 1 aliphatic rings. The monoisotopic (exact) mass is 320 g/mol. The first-order chi connectivity index (χ1) is 10.6. The molecule has 0 unspecified atom stereocenters. The molecule has 0 atom stereocenters. The molecule has 3 rings (SSSR count). The summed E-state index contributed by atoms with van der Waals surface area (Å²) in [5.41, 5.74) is 0.403. The Morgan fingerprint density at radius 2 is 2.09 bits per heavy atom. The Balaban J connectivity index is 1.65. The van der Waals surface area contributed by atoms with E-state index in [1.54, 1.807) is 25.2 Å². The zero-order valence-electron chi connectivity index (χ0n) is 11.6. The van der Waals surface area contributed by atoms with Crippen LogP contribution in [0.5, 0.6) is 11.5 Å². The zero-order valence-corrected chi connectivity index (χ0v) is 12.4. The van der Waals surface area contributed by atoms with Gasteiger partial charge in [-0.3, -0.25) is 15.4 Å². The summed E-state index contributed by atoms with van der Waals surface area (Å²) < 4.78 is 10.8. The molecule has 2 aromatic rings. The van der Waals surface area contributed by atoms with Crippen LogP contribution in [0.25, 0.3) is 0 Å². The highest BCUT2D eigenvalue weighted by Gasteiger charge is 2.16. The van der Waals surface area contributed by atoms with Gasteiger partial charge in [-0.25, -0.2) is 0 Å². The third-order valence-corrected chi connectivity index (χ3v) is 2.97. The second kappa shape index (κ2) is 5.93. The Morgan fingerprint density at radius 1 is 1.32 bits per heavy atom. The molecule has 1 aromatic heterocycles. The Morgan fingerprint density at radius 3 is 2.82 bits per heavy atom. The van der Waals surface area contributed by atoms with Crippen molar-refractivity contribution in [2.75, 3.05) is 18.5 Å². The molecule has 114 valence electrons. The van der Waals surface area contributed by atoms with Crippen LogP contribution in [0.3, 0.4) is 0 Å². The summed E-state index contributed by atoms with van der Waals surface area (Å²) in [5, 5.41) is 16.5. The molecule has 22 heavy (non-hydrogen) atoms. The molecular weight excluding hydrogens is 308 g/mol. The van der Waals surface area contributed by atoms with E-state index in [2.05, 4.69) is 26.0 Å². The maximum Gasteiger partial charge on any atom is 0.269 e. The number of anilines is 1. The molecule has 0 saturated heterocycles. The second-order valence-electron chi connectivity index (χ2n) is 4.37. The van der Waals surface area contributed by atoms with Crippen molar-refractivity contribution in [3.63, 3.8) is 0 Å². The summed E-state index contributed by atoms with van der Waals surface area (Å²) in [6, 6.07) is 4.92. The van der Waals surface area contributed by atoms with Crippen LogP contribution in [0, 0.1) is 0 Å². The largest absolute Gasteiger partial charge is 0.486 e. The number of hydrogen-bond donors (Lipinski definition) is 2. The summed E-state index contributed by atoms with van der Waals surface area (Å²) in [5.74, 6) is 0.981. The minimum absolute atomic E-state index is 0.0767. The first-order valence-electron chi connectivity index (χ1n) is 6.38. The van der Waals surface area contributed by atoms with E-state index in [4.69, 9.17) is 21.7 Å². The number of nitrogens with zero attached hydrogens (tertiary/aromatic N) is 4. The fourth-order valence-electron chi connectivity index (χ4n) is 1.83. The predicted molar refractivity (Wildman–Crippen MR) is 79.9 cm³/mol. The number of fused-ring (bicyclic) bond motifs is 1. The van der Waals surface area contributed by atoms with Crippen molar-refractivity contribution in [3.8, 4) is 11.5 Å². The lowest BCUT2D eigenvalue weighted by Gasteiger charge is -2.18. The van der Waals surface area contributed by atoms with Gasteiger partial charge in [-0.15, -0.1) is 5.10 Å². The summed E-state index contributed by atoms with van der Waals surface area (Å²) in [6.07, 6.45) is 0. The van der Waals surface area contributed by atoms with Crippen LogP contribution in [0.15, 0.2) is 18.2 Å². The average molecular weight is 320 g/mol. The van der Waals surface area contributed by atoms with Crippen LogP contribution in [0.2, 0.25) is 0 Å². The third kappa shape index (κ3) is 3.11. The van der Waals surface area contributed by atoms with Crippen molar-refractivity contribution in [2.24, 2.45) is 7.05 Å². The van der Waals surface area contributed by atoms with Crippen LogP contribution >= 0.6 is 12.2 Å². The molecule has 0 aliphatic carbocycles. The lowest BCUT2D eigenvalue weighted by molar-refractivity contribution is 0.0976. The number of amides is 1. The SMILES string of the molecule is Cn1nnc(NC(=S)NC(=O)c2ccc3c(c2)OCCO3)n1. The number of aromatic nitrogens is 4. The van der Waals surface area contributed by atoms with E-state index in [0.29, 0.717) is 30.3 Å². The lowest BCUT2D eigenvalue weighted by atomic mass is 10.2. The number of hydrogen-bond acceptors (Lipinski definition) is 7. The van der Waals surface area contributed by atoms with E-state index in [1.807, 2.05) is 0 Å². The first kappa shape index (κ1) is 14.2. The van der Waals surface area contributed by atoms with Gasteiger partial charge in [-0.1, -0.05) is 5.10 Å². The topological polar surface area (TPSA) is 103 Å². The van der Waals surface area contributed by atoms with Crippen LogP contribution in [0.1, 0.15) is 10.4 Å². The molecule has 0 bridgehead atoms. The molecule has 9 nitrogen and oxygen atoms in total. The molecule has 0 radical (unpaired) electrons. The summed E-state index contributed by atoms with van der Waals surface area (Å²) in [6.45, 7) is 0.952. The van der Waals surface area contributed by atoms with Gasteiger partial charge in [-0.05, 0) is 35.6 Å². The Hall–Kier alpha value is -2.75. The van der Waals surface area contributed by atoms with Crippen molar-refractivity contribution in [3.05, 3.63) is 23.8 Å². The molecular formula is C12H12N6O3S. The second-order valence-corrected chi connectivity index (χ2v) is 4.78.